The largest absolute Gasteiger partial charge is 0.383 e. The van der Waals surface area contributed by atoms with Gasteiger partial charge in [-0.15, -0.1) is 0 Å². The van der Waals surface area contributed by atoms with Crippen LogP contribution in [0.4, 0.5) is 0 Å². The van der Waals surface area contributed by atoms with Crippen LogP contribution in [0, 0.1) is 5.92 Å². The Morgan fingerprint density at radius 2 is 2.00 bits per heavy atom. The highest BCUT2D eigenvalue weighted by Gasteiger charge is 2.43. The third-order valence-electron chi connectivity index (χ3n) is 6.42. The lowest BCUT2D eigenvalue weighted by Crippen LogP contribution is -2.57. The topological polar surface area (TPSA) is 95.7 Å². The molecule has 1 aromatic rings. The molecule has 1 saturated heterocycles. The van der Waals surface area contributed by atoms with Gasteiger partial charge in [-0.3, -0.25) is 14.5 Å². The number of hydrogen-bond donors (Lipinski definition) is 3. The maximum atomic E-state index is 13.5. The smallest absolute Gasteiger partial charge is 0.258 e. The first-order chi connectivity index (χ1) is 13.9. The van der Waals surface area contributed by atoms with Gasteiger partial charge in [0.25, 0.3) is 5.91 Å². The molecule has 1 aliphatic heterocycles. The fourth-order valence-corrected chi connectivity index (χ4v) is 4.74. The van der Waals surface area contributed by atoms with E-state index in [2.05, 4.69) is 5.32 Å². The molecule has 4 N–H and O–H groups in total. The summed E-state index contributed by atoms with van der Waals surface area (Å²) in [5, 5.41) is 14.6. The molecular formula is C22H32ClN3O3. The number of imide groups is 1. The molecule has 1 aliphatic carbocycles. The molecule has 2 atom stereocenters. The number of nitrogens with zero attached hydrogens (tertiary/aromatic N) is 1. The first-order valence-electron chi connectivity index (χ1n) is 10.6. The van der Waals surface area contributed by atoms with Crippen LogP contribution in [0.2, 0.25) is 5.02 Å². The van der Waals surface area contributed by atoms with Crippen LogP contribution in [0.25, 0.3) is 0 Å². The van der Waals surface area contributed by atoms with Crippen molar-refractivity contribution >= 4 is 23.4 Å². The van der Waals surface area contributed by atoms with E-state index < -0.39 is 17.6 Å². The van der Waals surface area contributed by atoms with Crippen LogP contribution in [-0.4, -0.2) is 40.0 Å². The lowest BCUT2D eigenvalue weighted by atomic mass is 9.84. The first kappa shape index (κ1) is 22.2. The molecular weight excluding hydrogens is 390 g/mol. The van der Waals surface area contributed by atoms with E-state index in [-0.39, 0.29) is 24.9 Å². The van der Waals surface area contributed by atoms with Gasteiger partial charge in [0.15, 0.2) is 0 Å². The molecule has 1 aromatic carbocycles. The Labute approximate surface area is 177 Å². The summed E-state index contributed by atoms with van der Waals surface area (Å²) in [6.07, 6.45) is 5.15. The van der Waals surface area contributed by atoms with E-state index >= 15 is 0 Å². The number of nitrogens with one attached hydrogen (secondary N) is 1. The maximum Gasteiger partial charge on any atom is 0.258 e. The minimum absolute atomic E-state index is 0.0613. The van der Waals surface area contributed by atoms with Crippen molar-refractivity contribution < 1.29 is 14.7 Å². The third-order valence-corrected chi connectivity index (χ3v) is 6.65. The van der Waals surface area contributed by atoms with Gasteiger partial charge in [0.1, 0.15) is 6.10 Å². The molecule has 0 bridgehead atoms. The standard InChI is InChI=1S/C22H32ClN3O3/c1-22(10-5-11-25-22)21(29)26(14-17-12-18(23)9-8-16(17)13-24)20(28)19(27)15-6-3-2-4-7-15/h8-9,12,15,19,25,27H,2-7,10-11,13-14,24H2,1H3/t19-,22+/m1/s1. The molecule has 2 fully saturated rings. The van der Waals surface area contributed by atoms with Crippen molar-refractivity contribution in [3.8, 4) is 0 Å². The van der Waals surface area contributed by atoms with Crippen molar-refractivity contribution in [2.45, 2.75) is 76.6 Å². The Balaban J connectivity index is 1.90. The Morgan fingerprint density at radius 3 is 2.62 bits per heavy atom. The molecule has 0 spiro atoms. The number of amides is 2. The molecule has 160 valence electrons. The zero-order valence-corrected chi connectivity index (χ0v) is 17.9. The normalized spacial score (nSPS) is 23.7. The van der Waals surface area contributed by atoms with E-state index in [1.54, 1.807) is 12.1 Å². The minimum atomic E-state index is -1.16. The summed E-state index contributed by atoms with van der Waals surface area (Å²) in [6, 6.07) is 5.31. The molecule has 0 radical (unpaired) electrons. The lowest BCUT2D eigenvalue weighted by molar-refractivity contribution is -0.156. The molecule has 0 unspecified atom stereocenters. The molecule has 1 heterocycles. The number of carbonyl (C=O) groups is 2. The van der Waals surface area contributed by atoms with E-state index in [4.69, 9.17) is 17.3 Å². The van der Waals surface area contributed by atoms with Crippen LogP contribution in [0.3, 0.4) is 0 Å². The monoisotopic (exact) mass is 421 g/mol. The van der Waals surface area contributed by atoms with Crippen LogP contribution in [-0.2, 0) is 22.7 Å². The van der Waals surface area contributed by atoms with E-state index in [9.17, 15) is 14.7 Å². The van der Waals surface area contributed by atoms with Crippen molar-refractivity contribution in [3.05, 3.63) is 34.3 Å². The van der Waals surface area contributed by atoms with E-state index in [1.807, 2.05) is 13.0 Å². The van der Waals surface area contributed by atoms with Gasteiger partial charge in [0.05, 0.1) is 12.1 Å². The minimum Gasteiger partial charge on any atom is -0.383 e. The second kappa shape index (κ2) is 9.56. The molecule has 1 saturated carbocycles. The van der Waals surface area contributed by atoms with Crippen LogP contribution >= 0.6 is 11.6 Å². The van der Waals surface area contributed by atoms with Crippen LogP contribution in [0.1, 0.15) is 63.0 Å². The van der Waals surface area contributed by atoms with Gasteiger partial charge >= 0.3 is 0 Å². The lowest BCUT2D eigenvalue weighted by Gasteiger charge is -2.34. The average molecular weight is 422 g/mol. The molecule has 6 nitrogen and oxygen atoms in total. The summed E-state index contributed by atoms with van der Waals surface area (Å²) in [7, 11) is 0. The van der Waals surface area contributed by atoms with Gasteiger partial charge in [-0.1, -0.05) is 36.9 Å². The van der Waals surface area contributed by atoms with Gasteiger partial charge < -0.3 is 16.2 Å². The molecule has 29 heavy (non-hydrogen) atoms. The second-order valence-corrected chi connectivity index (χ2v) is 8.99. The van der Waals surface area contributed by atoms with Crippen LogP contribution in [0.5, 0.6) is 0 Å². The average Bonchev–Trinajstić information content (AvgIpc) is 3.19. The van der Waals surface area contributed by atoms with E-state index in [0.29, 0.717) is 11.4 Å². The van der Waals surface area contributed by atoms with E-state index in [1.165, 1.54) is 4.90 Å². The number of halogens is 1. The van der Waals surface area contributed by atoms with Gasteiger partial charge in [-0.2, -0.15) is 0 Å². The first-order valence-corrected chi connectivity index (χ1v) is 11.0. The molecule has 3 rings (SSSR count). The Kier molecular flexibility index (Phi) is 7.32. The zero-order chi connectivity index (χ0) is 21.0. The van der Waals surface area contributed by atoms with Crippen molar-refractivity contribution in [1.82, 2.24) is 10.2 Å². The van der Waals surface area contributed by atoms with Crippen molar-refractivity contribution in [2.75, 3.05) is 6.54 Å². The summed E-state index contributed by atoms with van der Waals surface area (Å²) >= 11 is 6.16. The highest BCUT2D eigenvalue weighted by Crippen LogP contribution is 2.30. The Bertz CT molecular complexity index is 743. The van der Waals surface area contributed by atoms with Crippen LogP contribution < -0.4 is 11.1 Å². The van der Waals surface area contributed by atoms with Gasteiger partial charge in [0, 0.05) is 11.6 Å². The number of hydrogen-bond acceptors (Lipinski definition) is 5. The summed E-state index contributed by atoms with van der Waals surface area (Å²) < 4.78 is 0. The quantitative estimate of drug-likeness (QED) is 0.656. The van der Waals surface area contributed by atoms with Crippen molar-refractivity contribution in [1.29, 1.82) is 0 Å². The zero-order valence-electron chi connectivity index (χ0n) is 17.1. The number of aliphatic hydroxyl groups excluding tert-OH is 1. The van der Waals surface area contributed by atoms with Gasteiger partial charge in [-0.05, 0) is 68.3 Å². The predicted molar refractivity (Wildman–Crippen MR) is 113 cm³/mol. The summed E-state index contributed by atoms with van der Waals surface area (Å²) in [5.74, 6) is -0.901. The maximum absolute atomic E-state index is 13.5. The number of nitrogens with two attached hydrogens (primary N) is 1. The molecule has 2 aliphatic rings. The number of carbonyl (C=O) groups excluding carboxylic acids is 2. The number of rotatable bonds is 6. The predicted octanol–water partition coefficient (Wildman–Crippen LogP) is 2.74. The van der Waals surface area contributed by atoms with E-state index in [0.717, 1.165) is 56.2 Å². The van der Waals surface area contributed by atoms with Crippen molar-refractivity contribution in [3.63, 3.8) is 0 Å². The number of benzene rings is 1. The summed E-state index contributed by atoms with van der Waals surface area (Å²) in [4.78, 5) is 28.0. The molecule has 7 heteroatoms. The fraction of sp³-hybridized carbons (Fsp3) is 0.636. The Hall–Kier alpha value is -1.47. The summed E-state index contributed by atoms with van der Waals surface area (Å²) in [5.41, 5.74) is 6.62. The molecule has 2 amide bonds. The highest BCUT2D eigenvalue weighted by molar-refractivity contribution is 6.30. The van der Waals surface area contributed by atoms with Gasteiger partial charge in [-0.25, -0.2) is 0 Å². The molecule has 0 aromatic heterocycles. The highest BCUT2D eigenvalue weighted by atomic mass is 35.5. The number of aliphatic hydroxyl groups is 1. The van der Waals surface area contributed by atoms with Crippen LogP contribution in [0.15, 0.2) is 18.2 Å². The Morgan fingerprint density at radius 1 is 1.28 bits per heavy atom. The van der Waals surface area contributed by atoms with Gasteiger partial charge in [0.2, 0.25) is 5.91 Å². The SMILES string of the molecule is C[C@@]1(C(=O)N(Cc2cc(Cl)ccc2CN)C(=O)[C@H](O)C2CCCCC2)CCCN1. The third kappa shape index (κ3) is 5.00. The van der Waals surface area contributed by atoms with Crippen molar-refractivity contribution in [2.24, 2.45) is 11.7 Å². The second-order valence-electron chi connectivity index (χ2n) is 8.55. The summed E-state index contributed by atoms with van der Waals surface area (Å²) in [6.45, 7) is 2.91. The fourth-order valence-electron chi connectivity index (χ4n) is 4.55.